The van der Waals surface area contributed by atoms with Gasteiger partial charge in [-0.05, 0) is 25.5 Å². The zero-order chi connectivity index (χ0) is 17.1. The van der Waals surface area contributed by atoms with E-state index in [0.717, 1.165) is 4.90 Å². The maximum Gasteiger partial charge on any atom is 0.332 e. The molecule has 2 saturated heterocycles. The lowest BCUT2D eigenvalue weighted by Gasteiger charge is -2.22. The lowest BCUT2D eigenvalue weighted by molar-refractivity contribution is -0.124. The predicted molar refractivity (Wildman–Crippen MR) is 87.3 cm³/mol. The van der Waals surface area contributed by atoms with Crippen molar-refractivity contribution in [2.24, 2.45) is 0 Å². The van der Waals surface area contributed by atoms with E-state index in [2.05, 4.69) is 6.07 Å². The van der Waals surface area contributed by atoms with Gasteiger partial charge in [-0.15, -0.1) is 0 Å². The summed E-state index contributed by atoms with van der Waals surface area (Å²) in [6.07, 6.45) is 0.386. The number of anilines is 1. The lowest BCUT2D eigenvalue weighted by atomic mass is 9.96. The van der Waals surface area contributed by atoms with Crippen LogP contribution in [0, 0.1) is 11.3 Å². The van der Waals surface area contributed by atoms with Gasteiger partial charge in [-0.2, -0.15) is 5.26 Å². The van der Waals surface area contributed by atoms with E-state index in [-0.39, 0.29) is 0 Å². The Labute approximate surface area is 138 Å². The van der Waals surface area contributed by atoms with Gasteiger partial charge < -0.3 is 10.0 Å². The number of hydrogen-bond donors (Lipinski definition) is 1. The van der Waals surface area contributed by atoms with Gasteiger partial charge in [0, 0.05) is 17.3 Å². The summed E-state index contributed by atoms with van der Waals surface area (Å²) in [6.45, 7) is 1.94. The Morgan fingerprint density at radius 2 is 1.92 bits per heavy atom. The maximum atomic E-state index is 12.9. The van der Waals surface area contributed by atoms with Gasteiger partial charge in [0.05, 0.1) is 22.9 Å². The minimum absolute atomic E-state index is 0.354. The quantitative estimate of drug-likeness (QED) is 0.814. The topological polar surface area (TPSA) is 84.6 Å². The molecule has 0 unspecified atom stereocenters. The minimum atomic E-state index is -1.22. The normalized spacial score (nSPS) is 26.1. The van der Waals surface area contributed by atoms with Crippen LogP contribution in [0.15, 0.2) is 36.4 Å². The molecule has 6 nitrogen and oxygen atoms in total. The number of carbonyl (C=O) groups is 2. The molecule has 0 bridgehead atoms. The van der Waals surface area contributed by atoms with Gasteiger partial charge in [-0.3, -0.25) is 4.79 Å². The first-order valence-corrected chi connectivity index (χ1v) is 7.74. The largest absolute Gasteiger partial charge is 0.387 e. The average Bonchev–Trinajstić information content (AvgIpc) is 3.02. The number of nitrogens with zero attached hydrogens (tertiary/aromatic N) is 3. The van der Waals surface area contributed by atoms with Crippen LogP contribution in [0.4, 0.5) is 10.5 Å². The van der Waals surface area contributed by atoms with E-state index in [1.165, 1.54) is 4.90 Å². The third kappa shape index (κ3) is 1.79. The molecule has 0 spiro atoms. The zero-order valence-corrected chi connectivity index (χ0v) is 13.1. The van der Waals surface area contributed by atoms with E-state index in [1.807, 2.05) is 6.07 Å². The lowest BCUT2D eigenvalue weighted by Crippen LogP contribution is -2.44. The van der Waals surface area contributed by atoms with E-state index in [0.29, 0.717) is 35.0 Å². The molecule has 24 heavy (non-hydrogen) atoms. The number of aliphatic hydroxyl groups is 1. The highest BCUT2D eigenvalue weighted by atomic mass is 16.3. The Morgan fingerprint density at radius 1 is 1.21 bits per heavy atom. The summed E-state index contributed by atoms with van der Waals surface area (Å²) in [6, 6.07) is 11.3. The second-order valence-corrected chi connectivity index (χ2v) is 6.45. The van der Waals surface area contributed by atoms with E-state index >= 15 is 0 Å². The summed E-state index contributed by atoms with van der Waals surface area (Å²) < 4.78 is 0. The van der Waals surface area contributed by atoms with E-state index < -0.39 is 23.6 Å². The molecule has 2 atom stereocenters. The van der Waals surface area contributed by atoms with Crippen LogP contribution in [0.1, 0.15) is 18.9 Å². The molecule has 2 heterocycles. The molecule has 3 amide bonds. The highest BCUT2D eigenvalue weighted by Crippen LogP contribution is 2.39. The number of amides is 3. The van der Waals surface area contributed by atoms with Gasteiger partial charge in [-0.25, -0.2) is 9.69 Å². The van der Waals surface area contributed by atoms with Crippen molar-refractivity contribution in [1.82, 2.24) is 4.90 Å². The van der Waals surface area contributed by atoms with Crippen LogP contribution in [0.25, 0.3) is 10.8 Å². The first kappa shape index (κ1) is 14.7. The van der Waals surface area contributed by atoms with Crippen LogP contribution in [0.3, 0.4) is 0 Å². The van der Waals surface area contributed by atoms with Crippen LogP contribution < -0.4 is 4.90 Å². The summed E-state index contributed by atoms with van der Waals surface area (Å²) in [4.78, 5) is 28.1. The summed E-state index contributed by atoms with van der Waals surface area (Å²) in [5, 5.41) is 21.0. The number of carbonyl (C=O) groups excluding carboxylic acids is 2. The molecule has 6 heteroatoms. The number of nitriles is 1. The number of urea groups is 1. The van der Waals surface area contributed by atoms with Gasteiger partial charge in [0.25, 0.3) is 5.91 Å². The molecule has 1 N–H and O–H groups in total. The second-order valence-electron chi connectivity index (χ2n) is 6.45. The van der Waals surface area contributed by atoms with Gasteiger partial charge in [0.2, 0.25) is 0 Å². The van der Waals surface area contributed by atoms with Crippen molar-refractivity contribution in [2.45, 2.75) is 25.0 Å². The maximum absolute atomic E-state index is 12.9. The smallest absolute Gasteiger partial charge is 0.332 e. The molecular weight excluding hydrogens is 306 g/mol. The van der Waals surface area contributed by atoms with Crippen molar-refractivity contribution in [1.29, 1.82) is 5.26 Å². The first-order chi connectivity index (χ1) is 11.5. The molecule has 0 saturated carbocycles. The highest BCUT2D eigenvalue weighted by Gasteiger charge is 2.57. The fourth-order valence-electron chi connectivity index (χ4n) is 3.70. The molecule has 120 valence electrons. The monoisotopic (exact) mass is 321 g/mol. The summed E-state index contributed by atoms with van der Waals surface area (Å²) >= 11 is 0. The number of benzene rings is 2. The fraction of sp³-hybridized carbons (Fsp3) is 0.278. The van der Waals surface area contributed by atoms with Crippen LogP contribution in [0.2, 0.25) is 0 Å². The van der Waals surface area contributed by atoms with Crippen molar-refractivity contribution in [3.63, 3.8) is 0 Å². The molecule has 0 radical (unpaired) electrons. The Balaban J connectivity index is 1.89. The molecule has 4 rings (SSSR count). The van der Waals surface area contributed by atoms with Gasteiger partial charge in [0.15, 0.2) is 0 Å². The SMILES string of the molecule is C[C@]1(O)CCN2C(=O)N(c3ccc(C#N)c4ccccc34)C(=O)[C@H]21. The van der Waals surface area contributed by atoms with Gasteiger partial charge in [0.1, 0.15) is 6.04 Å². The second kappa shape index (κ2) is 4.79. The first-order valence-electron chi connectivity index (χ1n) is 7.74. The third-order valence-electron chi connectivity index (χ3n) is 4.91. The third-order valence-corrected chi connectivity index (χ3v) is 4.91. The number of hydrogen-bond acceptors (Lipinski definition) is 4. The number of imide groups is 1. The van der Waals surface area contributed by atoms with E-state index in [9.17, 15) is 20.0 Å². The van der Waals surface area contributed by atoms with E-state index in [1.54, 1.807) is 37.3 Å². The summed E-state index contributed by atoms with van der Waals surface area (Å²) in [5.74, 6) is -0.419. The Morgan fingerprint density at radius 3 is 2.58 bits per heavy atom. The molecule has 2 aliphatic rings. The molecule has 2 fully saturated rings. The summed E-state index contributed by atoms with van der Waals surface area (Å²) in [5.41, 5.74) is -0.282. The average molecular weight is 321 g/mol. The molecule has 2 aliphatic heterocycles. The molecular formula is C18H15N3O3. The Bertz CT molecular complexity index is 929. The predicted octanol–water partition coefficient (Wildman–Crippen LogP) is 2.00. The number of fused-ring (bicyclic) bond motifs is 2. The van der Waals surface area contributed by atoms with Crippen molar-refractivity contribution in [3.8, 4) is 6.07 Å². The standard InChI is InChI=1S/C18H15N3O3/c1-18(24)8-9-20-15(18)16(22)21(17(20)23)14-7-6-11(10-19)12-4-2-3-5-13(12)14/h2-7,15,24H,8-9H2,1H3/t15-,18-/m0/s1. The van der Waals surface area contributed by atoms with Crippen molar-refractivity contribution in [2.75, 3.05) is 11.4 Å². The van der Waals surface area contributed by atoms with Crippen LogP contribution in [-0.2, 0) is 4.79 Å². The van der Waals surface area contributed by atoms with Gasteiger partial charge >= 0.3 is 6.03 Å². The van der Waals surface area contributed by atoms with Crippen LogP contribution in [0.5, 0.6) is 0 Å². The fourth-order valence-corrected chi connectivity index (χ4v) is 3.70. The Kier molecular flexibility index (Phi) is 2.93. The molecule has 0 aliphatic carbocycles. The van der Waals surface area contributed by atoms with Crippen LogP contribution >= 0.6 is 0 Å². The Hall–Kier alpha value is -2.91. The zero-order valence-electron chi connectivity index (χ0n) is 13.1. The molecule has 2 aromatic rings. The highest BCUT2D eigenvalue weighted by molar-refractivity contribution is 6.25. The van der Waals surface area contributed by atoms with Crippen molar-refractivity contribution in [3.05, 3.63) is 42.0 Å². The number of rotatable bonds is 1. The van der Waals surface area contributed by atoms with Gasteiger partial charge in [-0.1, -0.05) is 24.3 Å². The minimum Gasteiger partial charge on any atom is -0.387 e. The molecule has 0 aromatic heterocycles. The van der Waals surface area contributed by atoms with Crippen molar-refractivity contribution < 1.29 is 14.7 Å². The molecule has 2 aromatic carbocycles. The summed E-state index contributed by atoms with van der Waals surface area (Å²) in [7, 11) is 0. The van der Waals surface area contributed by atoms with Crippen molar-refractivity contribution >= 4 is 28.4 Å². The van der Waals surface area contributed by atoms with E-state index in [4.69, 9.17) is 0 Å². The van der Waals surface area contributed by atoms with Crippen LogP contribution in [-0.4, -0.2) is 40.1 Å².